The molecule has 1 fully saturated rings. The number of likely N-dealkylation sites (tertiary alicyclic amines) is 1. The fraction of sp³-hybridized carbons (Fsp3) is 0.435. The van der Waals surface area contributed by atoms with Crippen LogP contribution in [-0.4, -0.2) is 38.7 Å². The van der Waals surface area contributed by atoms with Gasteiger partial charge in [-0.3, -0.25) is 9.48 Å². The Bertz CT molecular complexity index is 1020. The van der Waals surface area contributed by atoms with Crippen molar-refractivity contribution in [3.05, 3.63) is 47.8 Å². The van der Waals surface area contributed by atoms with Crippen LogP contribution in [0.4, 0.5) is 0 Å². The number of carbonyl (C=O) groups is 1. The molecule has 5 nitrogen and oxygen atoms in total. The zero-order valence-corrected chi connectivity index (χ0v) is 17.1. The molecule has 1 aliphatic heterocycles. The molecule has 1 aromatic carbocycles. The monoisotopic (exact) mass is 376 g/mol. The molecular formula is C23H28N4O. The molecule has 2 aromatic heterocycles. The van der Waals surface area contributed by atoms with Crippen molar-refractivity contribution >= 4 is 16.8 Å². The van der Waals surface area contributed by atoms with Crippen molar-refractivity contribution in [2.75, 3.05) is 13.1 Å². The number of aromatic nitrogens is 3. The number of hydrogen-bond donors (Lipinski definition) is 0. The van der Waals surface area contributed by atoms with Gasteiger partial charge in [-0.05, 0) is 57.2 Å². The number of rotatable bonds is 3. The second-order valence-corrected chi connectivity index (χ2v) is 8.38. The summed E-state index contributed by atoms with van der Waals surface area (Å²) >= 11 is 0. The number of fused-ring (bicyclic) bond motifs is 1. The molecule has 0 unspecified atom stereocenters. The molecule has 0 bridgehead atoms. The molecule has 0 N–H and O–H groups in total. The predicted molar refractivity (Wildman–Crippen MR) is 112 cm³/mol. The van der Waals surface area contributed by atoms with Gasteiger partial charge in [0.15, 0.2) is 0 Å². The van der Waals surface area contributed by atoms with Crippen molar-refractivity contribution in [2.45, 2.75) is 46.6 Å². The minimum Gasteiger partial charge on any atom is -0.338 e. The molecule has 1 amide bonds. The van der Waals surface area contributed by atoms with Crippen molar-refractivity contribution in [3.8, 4) is 11.3 Å². The van der Waals surface area contributed by atoms with Crippen LogP contribution in [0.3, 0.4) is 0 Å². The normalized spacial score (nSPS) is 17.5. The molecule has 5 heteroatoms. The highest BCUT2D eigenvalue weighted by Gasteiger charge is 2.24. The van der Waals surface area contributed by atoms with Crippen LogP contribution in [0.25, 0.3) is 22.2 Å². The fourth-order valence-electron chi connectivity index (χ4n) is 3.96. The lowest BCUT2D eigenvalue weighted by Crippen LogP contribution is -2.39. The van der Waals surface area contributed by atoms with Gasteiger partial charge in [-0.1, -0.05) is 19.1 Å². The third-order valence-electron chi connectivity index (χ3n) is 5.57. The van der Waals surface area contributed by atoms with Crippen molar-refractivity contribution in [3.63, 3.8) is 0 Å². The maximum Gasteiger partial charge on any atom is 0.254 e. The van der Waals surface area contributed by atoms with E-state index in [4.69, 9.17) is 4.98 Å². The highest BCUT2D eigenvalue weighted by molar-refractivity contribution is 6.07. The maximum absolute atomic E-state index is 13.4. The summed E-state index contributed by atoms with van der Waals surface area (Å²) in [4.78, 5) is 20.3. The number of hydrogen-bond acceptors (Lipinski definition) is 3. The molecule has 1 aliphatic rings. The molecule has 4 rings (SSSR count). The van der Waals surface area contributed by atoms with Crippen LogP contribution in [-0.2, 0) is 0 Å². The average Bonchev–Trinajstić information content (AvgIpc) is 3.17. The van der Waals surface area contributed by atoms with E-state index in [0.29, 0.717) is 5.92 Å². The van der Waals surface area contributed by atoms with E-state index >= 15 is 0 Å². The van der Waals surface area contributed by atoms with Crippen molar-refractivity contribution in [2.24, 2.45) is 5.92 Å². The number of carbonyl (C=O) groups excluding carboxylic acids is 1. The lowest BCUT2D eigenvalue weighted by Gasteiger charge is -2.31. The van der Waals surface area contributed by atoms with Gasteiger partial charge in [0.1, 0.15) is 0 Å². The smallest absolute Gasteiger partial charge is 0.254 e. The summed E-state index contributed by atoms with van der Waals surface area (Å²) < 4.78 is 1.92. The van der Waals surface area contributed by atoms with Gasteiger partial charge < -0.3 is 4.90 Å². The van der Waals surface area contributed by atoms with E-state index in [2.05, 4.69) is 44.9 Å². The summed E-state index contributed by atoms with van der Waals surface area (Å²) in [6.45, 7) is 10.1. The van der Waals surface area contributed by atoms with Gasteiger partial charge in [-0.2, -0.15) is 5.10 Å². The van der Waals surface area contributed by atoms with Crippen molar-refractivity contribution in [1.29, 1.82) is 0 Å². The van der Waals surface area contributed by atoms with Crippen LogP contribution in [0.5, 0.6) is 0 Å². The number of nitrogens with zero attached hydrogens (tertiary/aromatic N) is 4. The SMILES string of the molecule is Cc1ccc2c(C(=O)N3CCC[C@@H](C)C3)cc(-c3cnn(C(C)C)c3)nc2c1. The van der Waals surface area contributed by atoms with Crippen molar-refractivity contribution in [1.82, 2.24) is 19.7 Å². The van der Waals surface area contributed by atoms with E-state index in [1.54, 1.807) is 0 Å². The summed E-state index contributed by atoms with van der Waals surface area (Å²) in [6, 6.07) is 8.37. The number of piperidine rings is 1. The molecule has 3 heterocycles. The van der Waals surface area contributed by atoms with Gasteiger partial charge in [-0.25, -0.2) is 4.98 Å². The highest BCUT2D eigenvalue weighted by Crippen LogP contribution is 2.28. The van der Waals surface area contributed by atoms with Crippen LogP contribution in [0.15, 0.2) is 36.7 Å². The summed E-state index contributed by atoms with van der Waals surface area (Å²) in [7, 11) is 0. The summed E-state index contributed by atoms with van der Waals surface area (Å²) in [5.74, 6) is 0.664. The van der Waals surface area contributed by atoms with Crippen LogP contribution >= 0.6 is 0 Å². The fourth-order valence-corrected chi connectivity index (χ4v) is 3.96. The Morgan fingerprint density at radius 2 is 2.07 bits per heavy atom. The van der Waals surface area contributed by atoms with Gasteiger partial charge in [0.2, 0.25) is 0 Å². The van der Waals surface area contributed by atoms with Crippen LogP contribution in [0.2, 0.25) is 0 Å². The quantitative estimate of drug-likeness (QED) is 0.656. The second-order valence-electron chi connectivity index (χ2n) is 8.38. The van der Waals surface area contributed by atoms with Gasteiger partial charge in [0.25, 0.3) is 5.91 Å². The summed E-state index contributed by atoms with van der Waals surface area (Å²) in [5, 5.41) is 5.37. The molecule has 0 spiro atoms. The lowest BCUT2D eigenvalue weighted by molar-refractivity contribution is 0.0685. The van der Waals surface area contributed by atoms with E-state index in [1.165, 1.54) is 6.42 Å². The molecule has 3 aromatic rings. The first-order chi connectivity index (χ1) is 13.4. The Balaban J connectivity index is 1.82. The predicted octanol–water partition coefficient (Wildman–Crippen LogP) is 4.86. The molecule has 1 atom stereocenters. The van der Waals surface area contributed by atoms with Crippen LogP contribution < -0.4 is 0 Å². The number of benzene rings is 1. The largest absolute Gasteiger partial charge is 0.338 e. The van der Waals surface area contributed by atoms with Gasteiger partial charge in [0.05, 0.1) is 23.0 Å². The highest BCUT2D eigenvalue weighted by atomic mass is 16.2. The zero-order chi connectivity index (χ0) is 19.8. The van der Waals surface area contributed by atoms with E-state index in [0.717, 1.165) is 52.8 Å². The first-order valence-electron chi connectivity index (χ1n) is 10.2. The zero-order valence-electron chi connectivity index (χ0n) is 17.1. The van der Waals surface area contributed by atoms with Gasteiger partial charge in [0, 0.05) is 36.3 Å². The van der Waals surface area contributed by atoms with E-state index in [9.17, 15) is 4.79 Å². The maximum atomic E-state index is 13.4. The topological polar surface area (TPSA) is 51.0 Å². The van der Waals surface area contributed by atoms with Gasteiger partial charge in [-0.15, -0.1) is 0 Å². The summed E-state index contributed by atoms with van der Waals surface area (Å²) in [6.07, 6.45) is 6.11. The van der Waals surface area contributed by atoms with Crippen molar-refractivity contribution < 1.29 is 4.79 Å². The number of aryl methyl sites for hydroxylation is 1. The third-order valence-corrected chi connectivity index (χ3v) is 5.57. The second kappa shape index (κ2) is 7.38. The standard InChI is InChI=1S/C23H28N4O/c1-15(2)27-14-18(12-24-27)21-11-20(19-8-7-16(3)10-22(19)25-21)23(28)26-9-5-6-17(4)13-26/h7-8,10-12,14-15,17H,5-6,9,13H2,1-4H3/t17-/m1/s1. The summed E-state index contributed by atoms with van der Waals surface area (Å²) in [5.41, 5.74) is 4.49. The van der Waals surface area contributed by atoms with Gasteiger partial charge >= 0.3 is 0 Å². The minimum absolute atomic E-state index is 0.111. The van der Waals surface area contributed by atoms with E-state index in [1.807, 2.05) is 34.1 Å². The third kappa shape index (κ3) is 3.53. The average molecular weight is 377 g/mol. The molecular weight excluding hydrogens is 348 g/mol. The Morgan fingerprint density at radius 3 is 2.79 bits per heavy atom. The van der Waals surface area contributed by atoms with Crippen LogP contribution in [0, 0.1) is 12.8 Å². The molecule has 146 valence electrons. The molecule has 0 radical (unpaired) electrons. The molecule has 0 aliphatic carbocycles. The number of pyridine rings is 1. The van der Waals surface area contributed by atoms with E-state index < -0.39 is 0 Å². The van der Waals surface area contributed by atoms with E-state index in [-0.39, 0.29) is 11.9 Å². The first kappa shape index (κ1) is 18.7. The Morgan fingerprint density at radius 1 is 1.25 bits per heavy atom. The first-order valence-corrected chi connectivity index (χ1v) is 10.2. The molecule has 1 saturated heterocycles. The Hall–Kier alpha value is -2.69. The molecule has 0 saturated carbocycles. The minimum atomic E-state index is 0.111. The molecule has 28 heavy (non-hydrogen) atoms. The lowest BCUT2D eigenvalue weighted by atomic mass is 9.98. The Labute approximate surface area is 166 Å². The Kier molecular flexibility index (Phi) is 4.92. The number of amides is 1. The van der Waals surface area contributed by atoms with Crippen LogP contribution in [0.1, 0.15) is 55.6 Å².